The van der Waals surface area contributed by atoms with E-state index < -0.39 is 0 Å². The van der Waals surface area contributed by atoms with E-state index in [0.29, 0.717) is 11.1 Å². The highest BCUT2D eigenvalue weighted by molar-refractivity contribution is 5.84. The van der Waals surface area contributed by atoms with Crippen molar-refractivity contribution in [3.05, 3.63) is 58.1 Å². The van der Waals surface area contributed by atoms with Gasteiger partial charge < -0.3 is 9.40 Å². The second-order valence-corrected chi connectivity index (χ2v) is 4.52. The van der Waals surface area contributed by atoms with Gasteiger partial charge >= 0.3 is 5.63 Å². The first-order valence-electron chi connectivity index (χ1n) is 5.84. The Bertz CT molecular complexity index is 763. The van der Waals surface area contributed by atoms with Crippen molar-refractivity contribution < 1.29 is 4.42 Å². The van der Waals surface area contributed by atoms with Crippen LogP contribution in [0.1, 0.15) is 11.3 Å². The van der Waals surface area contributed by atoms with Crippen LogP contribution in [0.5, 0.6) is 0 Å². The molecule has 0 amide bonds. The van der Waals surface area contributed by atoms with Crippen molar-refractivity contribution >= 4 is 10.9 Å². The van der Waals surface area contributed by atoms with Crippen LogP contribution in [0.25, 0.3) is 22.2 Å². The van der Waals surface area contributed by atoms with Crippen molar-refractivity contribution in [3.8, 4) is 11.3 Å². The Morgan fingerprint density at radius 3 is 2.50 bits per heavy atom. The molecule has 0 aliphatic rings. The van der Waals surface area contributed by atoms with Gasteiger partial charge in [0.2, 0.25) is 0 Å². The van der Waals surface area contributed by atoms with Crippen LogP contribution in [0.3, 0.4) is 0 Å². The van der Waals surface area contributed by atoms with Crippen molar-refractivity contribution in [1.29, 1.82) is 0 Å². The molecule has 0 spiro atoms. The van der Waals surface area contributed by atoms with E-state index in [9.17, 15) is 4.79 Å². The summed E-state index contributed by atoms with van der Waals surface area (Å²) in [5.41, 5.74) is 3.74. The van der Waals surface area contributed by atoms with E-state index >= 15 is 0 Å². The normalized spacial score (nSPS) is 11.0. The maximum atomic E-state index is 11.7. The first-order valence-corrected chi connectivity index (χ1v) is 5.84. The van der Waals surface area contributed by atoms with Crippen molar-refractivity contribution in [1.82, 2.24) is 4.98 Å². The summed E-state index contributed by atoms with van der Waals surface area (Å²) < 4.78 is 5.08. The fraction of sp³-hybridized carbons (Fsp3) is 0.133. The average molecular weight is 239 g/mol. The number of benzene rings is 1. The van der Waals surface area contributed by atoms with Crippen LogP contribution in [0, 0.1) is 13.8 Å². The SMILES string of the molecule is Cc1ccc(-c2cc3c(=O)oc(C)cc3[nH]2)cc1. The molecule has 0 aliphatic heterocycles. The minimum atomic E-state index is -0.292. The summed E-state index contributed by atoms with van der Waals surface area (Å²) in [7, 11) is 0. The van der Waals surface area contributed by atoms with E-state index in [4.69, 9.17) is 4.42 Å². The van der Waals surface area contributed by atoms with Crippen LogP contribution >= 0.6 is 0 Å². The van der Waals surface area contributed by atoms with Gasteiger partial charge in [-0.1, -0.05) is 29.8 Å². The van der Waals surface area contributed by atoms with Gasteiger partial charge in [-0.05, 0) is 25.5 Å². The molecular weight excluding hydrogens is 226 g/mol. The smallest absolute Gasteiger partial charge is 0.345 e. The second kappa shape index (κ2) is 3.88. The van der Waals surface area contributed by atoms with Gasteiger partial charge in [0.05, 0.1) is 10.9 Å². The zero-order valence-corrected chi connectivity index (χ0v) is 10.3. The number of hydrogen-bond acceptors (Lipinski definition) is 2. The highest BCUT2D eigenvalue weighted by atomic mass is 16.4. The molecule has 1 aromatic carbocycles. The highest BCUT2D eigenvalue weighted by Crippen LogP contribution is 2.23. The molecule has 1 N–H and O–H groups in total. The minimum absolute atomic E-state index is 0.292. The zero-order chi connectivity index (χ0) is 12.7. The Kier molecular flexibility index (Phi) is 2.33. The molecule has 0 bridgehead atoms. The molecule has 2 aromatic heterocycles. The quantitative estimate of drug-likeness (QED) is 0.707. The van der Waals surface area contributed by atoms with Crippen LogP contribution in [0.4, 0.5) is 0 Å². The van der Waals surface area contributed by atoms with Gasteiger partial charge in [-0.3, -0.25) is 0 Å². The Balaban J connectivity index is 2.22. The molecule has 0 radical (unpaired) electrons. The van der Waals surface area contributed by atoms with Gasteiger partial charge in [-0.2, -0.15) is 0 Å². The number of hydrogen-bond donors (Lipinski definition) is 1. The number of nitrogens with one attached hydrogen (secondary N) is 1. The largest absolute Gasteiger partial charge is 0.428 e. The predicted molar refractivity (Wildman–Crippen MR) is 71.7 cm³/mol. The molecule has 0 atom stereocenters. The van der Waals surface area contributed by atoms with Crippen LogP contribution in [-0.2, 0) is 0 Å². The summed E-state index contributed by atoms with van der Waals surface area (Å²) in [5.74, 6) is 0.616. The van der Waals surface area contributed by atoms with E-state index in [0.717, 1.165) is 16.8 Å². The lowest BCUT2D eigenvalue weighted by Crippen LogP contribution is -1.97. The zero-order valence-electron chi connectivity index (χ0n) is 10.3. The molecule has 3 aromatic rings. The lowest BCUT2D eigenvalue weighted by molar-refractivity contribution is 0.488. The van der Waals surface area contributed by atoms with Crippen LogP contribution in [-0.4, -0.2) is 4.98 Å². The van der Waals surface area contributed by atoms with Crippen LogP contribution < -0.4 is 5.63 Å². The fourth-order valence-corrected chi connectivity index (χ4v) is 2.08. The molecule has 90 valence electrons. The van der Waals surface area contributed by atoms with E-state index in [1.165, 1.54) is 5.56 Å². The predicted octanol–water partition coefficient (Wildman–Crippen LogP) is 3.40. The number of rotatable bonds is 1. The first-order chi connectivity index (χ1) is 8.63. The van der Waals surface area contributed by atoms with E-state index in [-0.39, 0.29) is 5.63 Å². The van der Waals surface area contributed by atoms with Gasteiger partial charge in [0.15, 0.2) is 0 Å². The second-order valence-electron chi connectivity index (χ2n) is 4.52. The maximum Gasteiger partial charge on any atom is 0.345 e. The number of aryl methyl sites for hydroxylation is 2. The first kappa shape index (κ1) is 10.8. The van der Waals surface area contributed by atoms with Gasteiger partial charge in [0, 0.05) is 11.8 Å². The third-order valence-corrected chi connectivity index (χ3v) is 3.03. The van der Waals surface area contributed by atoms with Crippen molar-refractivity contribution in [2.45, 2.75) is 13.8 Å². The number of H-pyrrole nitrogens is 1. The molecule has 0 unspecified atom stereocenters. The Hall–Kier alpha value is -2.29. The molecule has 0 aliphatic carbocycles. The summed E-state index contributed by atoms with van der Waals surface area (Å²) in [5, 5.41) is 0.594. The van der Waals surface area contributed by atoms with E-state index in [2.05, 4.69) is 17.1 Å². The molecule has 2 heterocycles. The van der Waals surface area contributed by atoms with Crippen LogP contribution in [0.15, 0.2) is 45.6 Å². The Morgan fingerprint density at radius 2 is 1.78 bits per heavy atom. The summed E-state index contributed by atoms with van der Waals surface area (Å²) in [6.45, 7) is 3.82. The van der Waals surface area contributed by atoms with Crippen molar-refractivity contribution in [2.75, 3.05) is 0 Å². The van der Waals surface area contributed by atoms with Crippen molar-refractivity contribution in [3.63, 3.8) is 0 Å². The standard InChI is InChI=1S/C15H13NO2/c1-9-3-5-11(6-4-9)13-8-12-14(16-13)7-10(2)18-15(12)17/h3-8,16H,1-2H3. The maximum absolute atomic E-state index is 11.7. The summed E-state index contributed by atoms with van der Waals surface area (Å²) >= 11 is 0. The van der Waals surface area contributed by atoms with Crippen molar-refractivity contribution in [2.24, 2.45) is 0 Å². The minimum Gasteiger partial charge on any atom is -0.428 e. The third kappa shape index (κ3) is 1.74. The monoisotopic (exact) mass is 239 g/mol. The molecule has 0 fully saturated rings. The summed E-state index contributed by atoms with van der Waals surface area (Å²) in [6, 6.07) is 11.9. The molecule has 3 nitrogen and oxygen atoms in total. The van der Waals surface area contributed by atoms with Crippen LogP contribution in [0.2, 0.25) is 0 Å². The molecule has 3 rings (SSSR count). The lowest BCUT2D eigenvalue weighted by Gasteiger charge is -1.97. The van der Waals surface area contributed by atoms with Gasteiger partial charge in [-0.25, -0.2) is 4.79 Å². The number of aromatic amines is 1. The number of aromatic nitrogens is 1. The third-order valence-electron chi connectivity index (χ3n) is 3.03. The Morgan fingerprint density at radius 1 is 1.06 bits per heavy atom. The molecule has 3 heteroatoms. The average Bonchev–Trinajstić information content (AvgIpc) is 2.74. The number of fused-ring (bicyclic) bond motifs is 1. The Labute approximate surface area is 104 Å². The summed E-state index contributed by atoms with van der Waals surface area (Å²) in [6.07, 6.45) is 0. The van der Waals surface area contributed by atoms with Gasteiger partial charge in [0.25, 0.3) is 0 Å². The topological polar surface area (TPSA) is 46.0 Å². The van der Waals surface area contributed by atoms with E-state index in [1.54, 1.807) is 6.92 Å². The lowest BCUT2D eigenvalue weighted by atomic mass is 10.1. The van der Waals surface area contributed by atoms with Gasteiger partial charge in [0.1, 0.15) is 5.76 Å². The van der Waals surface area contributed by atoms with Gasteiger partial charge in [-0.15, -0.1) is 0 Å². The molecule has 18 heavy (non-hydrogen) atoms. The highest BCUT2D eigenvalue weighted by Gasteiger charge is 2.07. The fourth-order valence-electron chi connectivity index (χ4n) is 2.08. The molecular formula is C15H13NO2. The van der Waals surface area contributed by atoms with E-state index in [1.807, 2.05) is 31.2 Å². The molecule has 0 saturated carbocycles. The molecule has 0 saturated heterocycles. The summed E-state index contributed by atoms with van der Waals surface area (Å²) in [4.78, 5) is 15.0.